The van der Waals surface area contributed by atoms with Gasteiger partial charge in [-0.1, -0.05) is 85.8 Å². The summed E-state index contributed by atoms with van der Waals surface area (Å²) in [6.07, 6.45) is -3.30. The maximum Gasteiger partial charge on any atom is 0.431 e. The van der Waals surface area contributed by atoms with E-state index in [4.69, 9.17) is 19.2 Å². The third-order valence-electron chi connectivity index (χ3n) is 8.57. The van der Waals surface area contributed by atoms with Crippen molar-refractivity contribution in [2.75, 3.05) is 0 Å². The fourth-order valence-corrected chi connectivity index (χ4v) is 6.08. The Morgan fingerprint density at radius 3 is 2.29 bits per heavy atom. The zero-order chi connectivity index (χ0) is 33.4. The third-order valence-corrected chi connectivity index (χ3v) is 8.57. The molecule has 2 aliphatic heterocycles. The van der Waals surface area contributed by atoms with E-state index in [0.717, 1.165) is 10.6 Å². The van der Waals surface area contributed by atoms with Gasteiger partial charge in [0.05, 0.1) is 22.5 Å². The van der Waals surface area contributed by atoms with Crippen LogP contribution in [0.15, 0.2) is 102 Å². The topological polar surface area (TPSA) is 149 Å². The van der Waals surface area contributed by atoms with Crippen LogP contribution in [0, 0.1) is 0 Å². The number of nitrogens with one attached hydrogen (secondary N) is 1. The van der Waals surface area contributed by atoms with Gasteiger partial charge in [-0.25, -0.2) is 24.8 Å². The number of carbonyl (C=O) groups excluding carboxylic acids is 3. The highest BCUT2D eigenvalue weighted by atomic mass is 16.6. The van der Waals surface area contributed by atoms with E-state index in [1.807, 2.05) is 30.3 Å². The summed E-state index contributed by atoms with van der Waals surface area (Å²) in [5.41, 5.74) is 2.90. The number of rotatable bonds is 6. The number of hydrazine groups is 1. The quantitative estimate of drug-likeness (QED) is 0.147. The van der Waals surface area contributed by atoms with Gasteiger partial charge in [0.15, 0.2) is 11.8 Å². The summed E-state index contributed by atoms with van der Waals surface area (Å²) in [6.45, 7) is 1.01. The molecule has 0 unspecified atom stereocenters. The number of pyridine rings is 2. The average Bonchev–Trinajstić information content (AvgIpc) is 3.43. The molecule has 4 heterocycles. The number of carbonyl (C=O) groups is 3. The average molecular weight is 647 g/mol. The molecule has 0 spiro atoms. The van der Waals surface area contributed by atoms with Crippen LogP contribution in [-0.2, 0) is 44.4 Å². The molecule has 12 nitrogen and oxygen atoms in total. The number of ether oxygens (including phenoxy) is 3. The summed E-state index contributed by atoms with van der Waals surface area (Å²) in [5.74, 6) is -0.864. The minimum Gasteiger partial charge on any atom is -0.458 e. The lowest BCUT2D eigenvalue weighted by Crippen LogP contribution is -2.52. The van der Waals surface area contributed by atoms with E-state index in [9.17, 15) is 24.3 Å². The van der Waals surface area contributed by atoms with Crippen molar-refractivity contribution < 1.29 is 33.7 Å². The number of hydrogen-bond donors (Lipinski definition) is 2. The summed E-state index contributed by atoms with van der Waals surface area (Å²) in [5, 5.41) is 13.0. The van der Waals surface area contributed by atoms with Gasteiger partial charge in [0, 0.05) is 16.5 Å². The number of benzene rings is 3. The van der Waals surface area contributed by atoms with Crippen LogP contribution in [0.25, 0.3) is 22.3 Å². The van der Waals surface area contributed by atoms with Crippen molar-refractivity contribution >= 4 is 29.1 Å². The first kappa shape index (κ1) is 30.6. The SMILES string of the molecule is CC[C@@]1(O)C(=O)OCc2c1cc1n(c2=O)[C@H](N(NC(=O)OCc2ccccc2)C(=O)OCc2ccccc2)c2cc3ccccc3nc2-1. The maximum atomic E-state index is 14.4. The van der Waals surface area contributed by atoms with Crippen molar-refractivity contribution in [3.63, 3.8) is 0 Å². The normalized spacial score (nSPS) is 17.5. The van der Waals surface area contributed by atoms with E-state index in [2.05, 4.69) is 5.43 Å². The first-order valence-corrected chi connectivity index (χ1v) is 15.3. The monoisotopic (exact) mass is 646 g/mol. The molecular weight excluding hydrogens is 616 g/mol. The Bertz CT molecular complexity index is 2120. The molecule has 3 aromatic carbocycles. The first-order valence-electron chi connectivity index (χ1n) is 15.3. The number of aromatic nitrogens is 2. The molecule has 2 N–H and O–H groups in total. The Hall–Kier alpha value is -6.01. The molecule has 242 valence electrons. The summed E-state index contributed by atoms with van der Waals surface area (Å²) in [6, 6.07) is 28.6. The van der Waals surface area contributed by atoms with Crippen LogP contribution >= 0.6 is 0 Å². The molecule has 2 atom stereocenters. The molecule has 2 aromatic heterocycles. The van der Waals surface area contributed by atoms with Crippen molar-refractivity contribution in [3.8, 4) is 11.4 Å². The van der Waals surface area contributed by atoms with E-state index in [1.165, 1.54) is 10.6 Å². The van der Waals surface area contributed by atoms with Crippen LogP contribution in [0.4, 0.5) is 9.59 Å². The van der Waals surface area contributed by atoms with Crippen LogP contribution in [0.3, 0.4) is 0 Å². The molecular formula is C36H30N4O8. The summed E-state index contributed by atoms with van der Waals surface area (Å²) in [4.78, 5) is 59.3. The zero-order valence-electron chi connectivity index (χ0n) is 25.8. The van der Waals surface area contributed by atoms with Crippen LogP contribution in [0.2, 0.25) is 0 Å². The number of para-hydroxylation sites is 1. The second kappa shape index (κ2) is 12.3. The molecule has 0 radical (unpaired) electrons. The second-order valence-corrected chi connectivity index (χ2v) is 11.5. The van der Waals surface area contributed by atoms with Crippen LogP contribution < -0.4 is 11.0 Å². The molecule has 0 aliphatic carbocycles. The fraction of sp³-hybridized carbons (Fsp3) is 0.194. The highest BCUT2D eigenvalue weighted by molar-refractivity contribution is 5.87. The molecule has 0 saturated carbocycles. The predicted octanol–water partition coefficient (Wildman–Crippen LogP) is 5.06. The molecule has 2 aliphatic rings. The van der Waals surface area contributed by atoms with E-state index < -0.39 is 35.5 Å². The number of nitrogens with zero attached hydrogens (tertiary/aromatic N) is 3. The number of amides is 2. The third kappa shape index (κ3) is 5.31. The van der Waals surface area contributed by atoms with Crippen LogP contribution in [-0.4, -0.2) is 37.8 Å². The number of fused-ring (bicyclic) bond motifs is 5. The molecule has 5 aromatic rings. The number of aliphatic hydroxyl groups is 1. The van der Waals surface area contributed by atoms with E-state index in [0.29, 0.717) is 27.7 Å². The lowest BCUT2D eigenvalue weighted by molar-refractivity contribution is -0.172. The molecule has 12 heteroatoms. The summed E-state index contributed by atoms with van der Waals surface area (Å²) in [7, 11) is 0. The molecule has 48 heavy (non-hydrogen) atoms. The fourth-order valence-electron chi connectivity index (χ4n) is 6.08. The van der Waals surface area contributed by atoms with Crippen LogP contribution in [0.5, 0.6) is 0 Å². The molecule has 0 saturated heterocycles. The van der Waals surface area contributed by atoms with Gasteiger partial charge in [0.1, 0.15) is 19.8 Å². The van der Waals surface area contributed by atoms with Crippen molar-refractivity contribution in [2.24, 2.45) is 0 Å². The van der Waals surface area contributed by atoms with E-state index >= 15 is 0 Å². The van der Waals surface area contributed by atoms with Gasteiger partial charge in [-0.05, 0) is 35.7 Å². The van der Waals surface area contributed by atoms with E-state index in [1.54, 1.807) is 67.6 Å². The minimum absolute atomic E-state index is 0.0364. The van der Waals surface area contributed by atoms with Gasteiger partial charge in [-0.3, -0.25) is 9.36 Å². The Labute approximate surface area is 274 Å². The first-order chi connectivity index (χ1) is 23.3. The Balaban J connectivity index is 1.36. The smallest absolute Gasteiger partial charge is 0.431 e. The highest BCUT2D eigenvalue weighted by Gasteiger charge is 2.48. The molecule has 7 rings (SSSR count). The maximum absolute atomic E-state index is 14.4. The van der Waals surface area contributed by atoms with Crippen molar-refractivity contribution in [1.82, 2.24) is 20.0 Å². The van der Waals surface area contributed by atoms with Gasteiger partial charge in [-0.2, -0.15) is 5.01 Å². The van der Waals surface area contributed by atoms with Gasteiger partial charge in [0.25, 0.3) is 5.56 Å². The highest BCUT2D eigenvalue weighted by Crippen LogP contribution is 2.43. The standard InChI is InChI=1S/C36H30N4O8/c1-2-36(45)27-18-29-30-25(17-24-15-9-10-16-28(24)37-30)31(39(29)32(41)26(27)21-46-33(36)42)40(35(44)48-20-23-13-7-4-8-14-23)38-34(43)47-19-22-11-5-3-6-12-22/h3-18,31,45H,2,19-21H2,1H3,(H,38,43)/t31-,36+/m1/s1. The lowest BCUT2D eigenvalue weighted by Gasteiger charge is -2.33. The van der Waals surface area contributed by atoms with Crippen LogP contribution in [0.1, 0.15) is 47.3 Å². The Morgan fingerprint density at radius 1 is 0.958 bits per heavy atom. The largest absolute Gasteiger partial charge is 0.458 e. The number of esters is 1. The molecule has 2 amide bonds. The van der Waals surface area contributed by atoms with E-state index in [-0.39, 0.29) is 43.1 Å². The van der Waals surface area contributed by atoms with Crippen molar-refractivity contribution in [1.29, 1.82) is 0 Å². The van der Waals surface area contributed by atoms with Crippen molar-refractivity contribution in [2.45, 2.75) is 44.9 Å². The lowest BCUT2D eigenvalue weighted by atomic mass is 9.86. The van der Waals surface area contributed by atoms with Gasteiger partial charge in [-0.15, -0.1) is 0 Å². The summed E-state index contributed by atoms with van der Waals surface area (Å²) < 4.78 is 17.7. The summed E-state index contributed by atoms with van der Waals surface area (Å²) >= 11 is 0. The Kier molecular flexibility index (Phi) is 7.85. The number of hydrogen-bond acceptors (Lipinski definition) is 9. The van der Waals surface area contributed by atoms with Crippen molar-refractivity contribution in [3.05, 3.63) is 135 Å². The van der Waals surface area contributed by atoms with Gasteiger partial charge >= 0.3 is 18.2 Å². The zero-order valence-corrected chi connectivity index (χ0v) is 25.8. The second-order valence-electron chi connectivity index (χ2n) is 11.5. The minimum atomic E-state index is -2.06. The molecule has 0 fully saturated rings. The number of cyclic esters (lactones) is 1. The predicted molar refractivity (Wildman–Crippen MR) is 172 cm³/mol. The molecule has 0 bridgehead atoms. The van der Waals surface area contributed by atoms with Gasteiger partial charge in [0.2, 0.25) is 0 Å². The van der Waals surface area contributed by atoms with Gasteiger partial charge < -0.3 is 19.3 Å². The Morgan fingerprint density at radius 2 is 1.60 bits per heavy atom.